The lowest BCUT2D eigenvalue weighted by Gasteiger charge is -2.29. The number of carbonyl (C=O) groups is 2. The van der Waals surface area contributed by atoms with Gasteiger partial charge in [0.25, 0.3) is 5.91 Å². The van der Waals surface area contributed by atoms with Gasteiger partial charge in [-0.3, -0.25) is 10.0 Å². The van der Waals surface area contributed by atoms with Gasteiger partial charge in [-0.25, -0.2) is 30.2 Å². The maximum Gasteiger partial charge on any atom is 0.345 e. The Hall–Kier alpha value is -4.08. The molecular formula is C22H25N9O5S. The molecule has 194 valence electrons. The highest BCUT2D eigenvalue weighted by atomic mass is 32.1. The van der Waals surface area contributed by atoms with Crippen molar-refractivity contribution in [1.29, 1.82) is 0 Å². The molecule has 15 heteroatoms. The monoisotopic (exact) mass is 527 g/mol. The summed E-state index contributed by atoms with van der Waals surface area (Å²) >= 11 is 1.13. The average molecular weight is 528 g/mol. The van der Waals surface area contributed by atoms with Gasteiger partial charge in [0.2, 0.25) is 5.95 Å². The summed E-state index contributed by atoms with van der Waals surface area (Å²) in [6, 6.07) is 3.28. The minimum atomic E-state index is -0.986. The van der Waals surface area contributed by atoms with Gasteiger partial charge in [0.1, 0.15) is 16.7 Å². The zero-order chi connectivity index (χ0) is 26.1. The number of carbonyl (C=O) groups excluding carboxylic acids is 1. The van der Waals surface area contributed by atoms with E-state index in [0.29, 0.717) is 55.3 Å². The zero-order valence-electron chi connectivity index (χ0n) is 20.1. The molecule has 0 spiro atoms. The number of hydroxylamine groups is 1. The fourth-order valence-electron chi connectivity index (χ4n) is 4.13. The lowest BCUT2D eigenvalue weighted by atomic mass is 10.3. The van der Waals surface area contributed by atoms with Crippen LogP contribution in [0.1, 0.15) is 20.0 Å². The third-order valence-corrected chi connectivity index (χ3v) is 7.19. The highest BCUT2D eigenvalue weighted by Gasteiger charge is 2.34. The maximum atomic E-state index is 11.5. The van der Waals surface area contributed by atoms with E-state index in [1.165, 1.54) is 12.4 Å². The number of hydrogen-bond donors (Lipinski definition) is 4. The van der Waals surface area contributed by atoms with Gasteiger partial charge < -0.3 is 29.9 Å². The Bertz CT molecular complexity index is 1310. The van der Waals surface area contributed by atoms with Crippen LogP contribution in [0.2, 0.25) is 0 Å². The number of rotatable bonds is 7. The van der Waals surface area contributed by atoms with Crippen molar-refractivity contribution in [2.24, 2.45) is 0 Å². The van der Waals surface area contributed by atoms with Crippen molar-refractivity contribution in [2.75, 3.05) is 67.0 Å². The van der Waals surface area contributed by atoms with Crippen molar-refractivity contribution in [2.45, 2.75) is 6.17 Å². The number of nitrogens with zero attached hydrogens (tertiary/aromatic N) is 7. The molecule has 0 radical (unpaired) electrons. The standard InChI is InChI=1S/C22H25N9O5S/c1-29(22-23-9-12(10-24-22)20(32)28-35)11-15-25-16-18(30(15)2)26-17(13-3-4-14(37-13)21(33)34)27-19(16)31-5-7-36-8-6-31/h3-4,9-10,15,25,35H,5-8,11H2,1-2H3,(H,28,32)(H,33,34). The second-order valence-electron chi connectivity index (χ2n) is 8.50. The van der Waals surface area contributed by atoms with Crippen LogP contribution in [0.5, 0.6) is 0 Å². The molecular weight excluding hydrogens is 502 g/mol. The first kappa shape index (κ1) is 24.6. The minimum Gasteiger partial charge on any atom is -0.477 e. The Morgan fingerprint density at radius 1 is 1.22 bits per heavy atom. The predicted octanol–water partition coefficient (Wildman–Crippen LogP) is 0.973. The van der Waals surface area contributed by atoms with Crippen LogP contribution in [0.25, 0.3) is 10.7 Å². The molecule has 0 bridgehead atoms. The van der Waals surface area contributed by atoms with Gasteiger partial charge in [-0.05, 0) is 12.1 Å². The van der Waals surface area contributed by atoms with E-state index in [2.05, 4.69) is 20.2 Å². The Morgan fingerprint density at radius 2 is 1.92 bits per heavy atom. The fourth-order valence-corrected chi connectivity index (χ4v) is 4.91. The van der Waals surface area contributed by atoms with Crippen LogP contribution in [-0.4, -0.2) is 95.2 Å². The van der Waals surface area contributed by atoms with Gasteiger partial charge >= 0.3 is 5.97 Å². The quantitative estimate of drug-likeness (QED) is 0.253. The summed E-state index contributed by atoms with van der Waals surface area (Å²) in [4.78, 5) is 47.9. The van der Waals surface area contributed by atoms with Crippen molar-refractivity contribution in [3.05, 3.63) is 35.0 Å². The van der Waals surface area contributed by atoms with Gasteiger partial charge in [0.15, 0.2) is 17.5 Å². The number of thiophene rings is 1. The van der Waals surface area contributed by atoms with E-state index in [0.717, 1.165) is 22.8 Å². The zero-order valence-corrected chi connectivity index (χ0v) is 20.9. The number of morpholine rings is 1. The van der Waals surface area contributed by atoms with Crippen LogP contribution >= 0.6 is 11.3 Å². The van der Waals surface area contributed by atoms with Gasteiger partial charge in [-0.1, -0.05) is 0 Å². The van der Waals surface area contributed by atoms with Crippen molar-refractivity contribution in [1.82, 2.24) is 25.4 Å². The van der Waals surface area contributed by atoms with Crippen molar-refractivity contribution in [3.8, 4) is 10.7 Å². The third-order valence-electron chi connectivity index (χ3n) is 6.12. The maximum absolute atomic E-state index is 11.5. The van der Waals surface area contributed by atoms with E-state index >= 15 is 0 Å². The summed E-state index contributed by atoms with van der Waals surface area (Å²) in [6.45, 7) is 2.98. The number of carboxylic acid groups (broad SMARTS) is 1. The molecule has 1 saturated heterocycles. The van der Waals surface area contributed by atoms with Crippen molar-refractivity contribution < 1.29 is 24.6 Å². The van der Waals surface area contributed by atoms with Crippen LogP contribution in [0.15, 0.2) is 24.5 Å². The number of amides is 1. The van der Waals surface area contributed by atoms with Crippen molar-refractivity contribution in [3.63, 3.8) is 0 Å². The SMILES string of the molecule is CN(CC1Nc2c(N3CCOCC3)nc(-c3ccc(C(=O)O)s3)nc2N1C)c1ncc(C(=O)NO)cn1. The first-order valence-corrected chi connectivity index (χ1v) is 12.2. The second-order valence-corrected chi connectivity index (χ2v) is 9.59. The Kier molecular flexibility index (Phi) is 6.73. The molecule has 1 fully saturated rings. The number of likely N-dealkylation sites (N-methyl/N-ethyl adjacent to an activating group) is 2. The molecule has 3 aromatic rings. The average Bonchev–Trinajstić information content (AvgIpc) is 3.54. The number of hydrogen-bond acceptors (Lipinski definition) is 13. The summed E-state index contributed by atoms with van der Waals surface area (Å²) in [5.74, 6) is 0.627. The summed E-state index contributed by atoms with van der Waals surface area (Å²) in [5, 5.41) is 21.7. The van der Waals surface area contributed by atoms with Gasteiger partial charge in [0, 0.05) is 39.6 Å². The number of fused-ring (bicyclic) bond motifs is 1. The number of anilines is 4. The Balaban J connectivity index is 1.43. The molecule has 0 aromatic carbocycles. The van der Waals surface area contributed by atoms with E-state index in [-0.39, 0.29) is 16.6 Å². The number of aromatic nitrogens is 4. The number of nitrogens with one attached hydrogen (secondary N) is 2. The molecule has 2 aliphatic heterocycles. The molecule has 4 N–H and O–H groups in total. The van der Waals surface area contributed by atoms with Crippen LogP contribution in [-0.2, 0) is 4.74 Å². The van der Waals surface area contributed by atoms with E-state index in [1.807, 2.05) is 23.9 Å². The molecule has 5 rings (SSSR count). The van der Waals surface area contributed by atoms with E-state index in [9.17, 15) is 14.7 Å². The van der Waals surface area contributed by atoms with Gasteiger partial charge in [0.05, 0.1) is 30.2 Å². The van der Waals surface area contributed by atoms with Crippen LogP contribution in [0.3, 0.4) is 0 Å². The molecule has 3 aromatic heterocycles. The third kappa shape index (κ3) is 4.83. The van der Waals surface area contributed by atoms with Gasteiger partial charge in [-0.2, -0.15) is 0 Å². The molecule has 2 aliphatic rings. The molecule has 1 amide bonds. The second kappa shape index (κ2) is 10.1. The minimum absolute atomic E-state index is 0.140. The first-order valence-electron chi connectivity index (χ1n) is 11.4. The molecule has 1 unspecified atom stereocenters. The molecule has 0 saturated carbocycles. The molecule has 1 atom stereocenters. The highest BCUT2D eigenvalue weighted by Crippen LogP contribution is 2.41. The van der Waals surface area contributed by atoms with E-state index in [1.54, 1.807) is 17.6 Å². The number of aromatic carboxylic acids is 1. The summed E-state index contributed by atoms with van der Waals surface area (Å²) in [6.07, 6.45) is 2.48. The normalized spacial score (nSPS) is 16.8. The number of ether oxygens (including phenoxy) is 1. The molecule has 37 heavy (non-hydrogen) atoms. The highest BCUT2D eigenvalue weighted by molar-refractivity contribution is 7.17. The topological polar surface area (TPSA) is 169 Å². The lowest BCUT2D eigenvalue weighted by molar-refractivity contribution is 0.0696. The predicted molar refractivity (Wildman–Crippen MR) is 136 cm³/mol. The van der Waals surface area contributed by atoms with Crippen LogP contribution in [0, 0.1) is 0 Å². The summed E-state index contributed by atoms with van der Waals surface area (Å²) in [7, 11) is 3.75. The Morgan fingerprint density at radius 3 is 2.57 bits per heavy atom. The van der Waals surface area contributed by atoms with Crippen molar-refractivity contribution >= 4 is 46.5 Å². The molecule has 0 aliphatic carbocycles. The van der Waals surface area contributed by atoms with Crippen LogP contribution < -0.4 is 25.5 Å². The van der Waals surface area contributed by atoms with E-state index in [4.69, 9.17) is 19.9 Å². The van der Waals surface area contributed by atoms with E-state index < -0.39 is 11.9 Å². The number of carboxylic acids is 1. The molecule has 14 nitrogen and oxygen atoms in total. The lowest BCUT2D eigenvalue weighted by Crippen LogP contribution is -2.43. The smallest absolute Gasteiger partial charge is 0.345 e. The molecule has 5 heterocycles. The summed E-state index contributed by atoms with van der Waals surface area (Å²) < 4.78 is 5.52. The largest absolute Gasteiger partial charge is 0.477 e. The van der Waals surface area contributed by atoms with Gasteiger partial charge in [-0.15, -0.1) is 11.3 Å². The Labute approximate surface area is 215 Å². The summed E-state index contributed by atoms with van der Waals surface area (Å²) in [5.41, 5.74) is 2.49. The van der Waals surface area contributed by atoms with Crippen LogP contribution in [0.4, 0.5) is 23.3 Å². The first-order chi connectivity index (χ1) is 17.9. The fraction of sp³-hybridized carbons (Fsp3) is 0.364.